The highest BCUT2D eigenvalue weighted by Crippen LogP contribution is 2.32. The van der Waals surface area contributed by atoms with Gasteiger partial charge in [-0.25, -0.2) is 4.39 Å². The molecule has 0 unspecified atom stereocenters. The maximum absolute atomic E-state index is 13.4. The molecule has 0 atom stereocenters. The lowest BCUT2D eigenvalue weighted by atomic mass is 10.3. The van der Waals surface area contributed by atoms with E-state index in [1.54, 1.807) is 12.1 Å². The molecule has 0 aliphatic rings. The smallest absolute Gasteiger partial charge is 0.180 e. The molecule has 0 spiro atoms. The van der Waals surface area contributed by atoms with Crippen LogP contribution in [0.25, 0.3) is 0 Å². The summed E-state index contributed by atoms with van der Waals surface area (Å²) in [4.78, 5) is 0. The summed E-state index contributed by atoms with van der Waals surface area (Å²) < 4.78 is 19.1. The normalized spacial score (nSPS) is 10.3. The van der Waals surface area contributed by atoms with E-state index < -0.39 is 5.82 Å². The SMILES string of the molecule is CCCCOc1c(Cl)ccc(Br)c1F. The Morgan fingerprint density at radius 3 is 2.86 bits per heavy atom. The fourth-order valence-electron chi connectivity index (χ4n) is 0.959. The molecule has 0 aliphatic carbocycles. The summed E-state index contributed by atoms with van der Waals surface area (Å²) in [5.74, 6) is -0.303. The van der Waals surface area contributed by atoms with Crippen molar-refractivity contribution in [2.45, 2.75) is 19.8 Å². The van der Waals surface area contributed by atoms with Gasteiger partial charge in [-0.05, 0) is 34.5 Å². The number of halogens is 3. The quantitative estimate of drug-likeness (QED) is 0.586. The van der Waals surface area contributed by atoms with Crippen molar-refractivity contribution in [1.29, 1.82) is 0 Å². The minimum Gasteiger partial charge on any atom is -0.489 e. The van der Waals surface area contributed by atoms with Crippen molar-refractivity contribution in [3.05, 3.63) is 27.4 Å². The largest absolute Gasteiger partial charge is 0.489 e. The number of rotatable bonds is 4. The van der Waals surface area contributed by atoms with E-state index in [0.717, 1.165) is 12.8 Å². The fourth-order valence-corrected chi connectivity index (χ4v) is 1.47. The van der Waals surface area contributed by atoms with Gasteiger partial charge in [0.05, 0.1) is 16.1 Å². The van der Waals surface area contributed by atoms with Crippen LogP contribution in [0.1, 0.15) is 19.8 Å². The van der Waals surface area contributed by atoms with E-state index in [0.29, 0.717) is 16.1 Å². The third kappa shape index (κ3) is 2.85. The van der Waals surface area contributed by atoms with Crippen molar-refractivity contribution in [3.63, 3.8) is 0 Å². The zero-order chi connectivity index (χ0) is 10.6. The molecule has 0 saturated heterocycles. The van der Waals surface area contributed by atoms with Crippen LogP contribution >= 0.6 is 27.5 Å². The van der Waals surface area contributed by atoms with Crippen molar-refractivity contribution in [2.75, 3.05) is 6.61 Å². The molecule has 0 radical (unpaired) electrons. The fraction of sp³-hybridized carbons (Fsp3) is 0.400. The molecule has 0 saturated carbocycles. The average Bonchev–Trinajstić information content (AvgIpc) is 2.18. The summed E-state index contributed by atoms with van der Waals surface area (Å²) in [5, 5.41) is 0.307. The van der Waals surface area contributed by atoms with Gasteiger partial charge in [-0.1, -0.05) is 24.9 Å². The molecule has 4 heteroatoms. The zero-order valence-electron chi connectivity index (χ0n) is 7.82. The van der Waals surface area contributed by atoms with E-state index >= 15 is 0 Å². The average molecular weight is 282 g/mol. The van der Waals surface area contributed by atoms with Crippen LogP contribution in [0.2, 0.25) is 5.02 Å². The molecule has 0 N–H and O–H groups in total. The third-order valence-electron chi connectivity index (χ3n) is 1.75. The minimum atomic E-state index is -0.436. The van der Waals surface area contributed by atoms with Crippen molar-refractivity contribution in [1.82, 2.24) is 0 Å². The van der Waals surface area contributed by atoms with Gasteiger partial charge in [-0.2, -0.15) is 0 Å². The lowest BCUT2D eigenvalue weighted by molar-refractivity contribution is 0.294. The summed E-state index contributed by atoms with van der Waals surface area (Å²) in [6.45, 7) is 2.53. The van der Waals surface area contributed by atoms with Crippen LogP contribution in [-0.4, -0.2) is 6.61 Å². The molecule has 1 aromatic rings. The lowest BCUT2D eigenvalue weighted by Crippen LogP contribution is -1.99. The summed E-state index contributed by atoms with van der Waals surface area (Å²) in [5.41, 5.74) is 0. The predicted molar refractivity (Wildman–Crippen MR) is 59.5 cm³/mol. The predicted octanol–water partition coefficient (Wildman–Crippen LogP) is 4.42. The topological polar surface area (TPSA) is 9.23 Å². The third-order valence-corrected chi connectivity index (χ3v) is 2.66. The van der Waals surface area contributed by atoms with Crippen LogP contribution in [0.3, 0.4) is 0 Å². The maximum Gasteiger partial charge on any atom is 0.180 e. The standard InChI is InChI=1S/C10H11BrClFO/c1-2-3-6-14-10-8(12)5-4-7(11)9(10)13/h4-5H,2-3,6H2,1H3. The van der Waals surface area contributed by atoms with Crippen LogP contribution in [-0.2, 0) is 0 Å². The Bertz CT molecular complexity index is 317. The Hall–Kier alpha value is -0.280. The highest BCUT2D eigenvalue weighted by atomic mass is 79.9. The lowest BCUT2D eigenvalue weighted by Gasteiger charge is -2.09. The first-order valence-corrected chi connectivity index (χ1v) is 5.60. The molecule has 14 heavy (non-hydrogen) atoms. The minimum absolute atomic E-state index is 0.134. The van der Waals surface area contributed by atoms with Crippen molar-refractivity contribution in [2.24, 2.45) is 0 Å². The Balaban J connectivity index is 2.79. The molecule has 78 valence electrons. The van der Waals surface area contributed by atoms with Crippen molar-refractivity contribution >= 4 is 27.5 Å². The Kier molecular flexibility index (Phi) is 4.69. The van der Waals surface area contributed by atoms with Gasteiger partial charge in [-0.15, -0.1) is 0 Å². The summed E-state index contributed by atoms with van der Waals surface area (Å²) in [7, 11) is 0. The summed E-state index contributed by atoms with van der Waals surface area (Å²) in [6, 6.07) is 3.17. The van der Waals surface area contributed by atoms with Gasteiger partial charge >= 0.3 is 0 Å². The monoisotopic (exact) mass is 280 g/mol. The summed E-state index contributed by atoms with van der Waals surface area (Å²) >= 11 is 8.87. The molecular formula is C10H11BrClFO. The molecule has 0 bridgehead atoms. The van der Waals surface area contributed by atoms with Crippen LogP contribution in [0.15, 0.2) is 16.6 Å². The first-order chi connectivity index (χ1) is 6.66. The molecule has 0 heterocycles. The number of hydrogen-bond donors (Lipinski definition) is 0. The van der Waals surface area contributed by atoms with Gasteiger partial charge in [-0.3, -0.25) is 0 Å². The van der Waals surface area contributed by atoms with E-state index in [1.807, 2.05) is 6.92 Å². The van der Waals surface area contributed by atoms with Gasteiger partial charge in [0.2, 0.25) is 0 Å². The second-order valence-electron chi connectivity index (χ2n) is 2.87. The van der Waals surface area contributed by atoms with Gasteiger partial charge in [0.15, 0.2) is 11.6 Å². The number of hydrogen-bond acceptors (Lipinski definition) is 1. The summed E-state index contributed by atoms with van der Waals surface area (Å²) in [6.07, 6.45) is 1.90. The van der Waals surface area contributed by atoms with E-state index in [9.17, 15) is 4.39 Å². The second-order valence-corrected chi connectivity index (χ2v) is 4.14. The molecular weight excluding hydrogens is 270 g/mol. The number of ether oxygens (including phenoxy) is 1. The molecule has 1 rings (SSSR count). The van der Waals surface area contributed by atoms with E-state index in [-0.39, 0.29) is 5.75 Å². The Morgan fingerprint density at radius 1 is 1.50 bits per heavy atom. The molecule has 0 amide bonds. The first kappa shape index (κ1) is 11.8. The molecule has 0 aliphatic heterocycles. The van der Waals surface area contributed by atoms with Crippen LogP contribution in [0, 0.1) is 5.82 Å². The van der Waals surface area contributed by atoms with E-state index in [2.05, 4.69) is 15.9 Å². The molecule has 1 nitrogen and oxygen atoms in total. The number of unbranched alkanes of at least 4 members (excludes halogenated alkanes) is 1. The second kappa shape index (κ2) is 5.56. The highest BCUT2D eigenvalue weighted by molar-refractivity contribution is 9.10. The van der Waals surface area contributed by atoms with Gasteiger partial charge < -0.3 is 4.74 Å². The Labute approximate surface area is 96.3 Å². The van der Waals surface area contributed by atoms with Crippen LogP contribution < -0.4 is 4.74 Å². The molecule has 0 aromatic heterocycles. The van der Waals surface area contributed by atoms with Crippen molar-refractivity contribution < 1.29 is 9.13 Å². The Morgan fingerprint density at radius 2 is 2.21 bits per heavy atom. The van der Waals surface area contributed by atoms with E-state index in [4.69, 9.17) is 16.3 Å². The highest BCUT2D eigenvalue weighted by Gasteiger charge is 2.11. The van der Waals surface area contributed by atoms with Crippen molar-refractivity contribution in [3.8, 4) is 5.75 Å². The molecule has 1 aromatic carbocycles. The van der Waals surface area contributed by atoms with Gasteiger partial charge in [0.1, 0.15) is 0 Å². The number of benzene rings is 1. The maximum atomic E-state index is 13.4. The van der Waals surface area contributed by atoms with Crippen LogP contribution in [0.4, 0.5) is 4.39 Å². The van der Waals surface area contributed by atoms with Gasteiger partial charge in [0, 0.05) is 0 Å². The molecule has 0 fully saturated rings. The van der Waals surface area contributed by atoms with Gasteiger partial charge in [0.25, 0.3) is 0 Å². The van der Waals surface area contributed by atoms with E-state index in [1.165, 1.54) is 0 Å². The first-order valence-electron chi connectivity index (χ1n) is 4.43. The van der Waals surface area contributed by atoms with Crippen LogP contribution in [0.5, 0.6) is 5.75 Å². The zero-order valence-corrected chi connectivity index (χ0v) is 10.2.